The minimum atomic E-state index is -3.41. The lowest BCUT2D eigenvalue weighted by Crippen LogP contribution is -2.30. The SMILES string of the molecule is CCN(CC)S(=O)(=O)c1ccc(CCC(=O)NC(C)C)cc1. The topological polar surface area (TPSA) is 66.5 Å². The molecule has 6 heteroatoms. The average molecular weight is 326 g/mol. The molecule has 0 aliphatic rings. The summed E-state index contributed by atoms with van der Waals surface area (Å²) in [5.41, 5.74) is 0.956. The van der Waals surface area contributed by atoms with Crippen molar-refractivity contribution in [1.29, 1.82) is 0 Å². The fraction of sp³-hybridized carbons (Fsp3) is 0.562. The van der Waals surface area contributed by atoms with E-state index < -0.39 is 10.0 Å². The molecule has 1 rings (SSSR count). The van der Waals surface area contributed by atoms with E-state index in [2.05, 4.69) is 5.32 Å². The molecule has 0 aliphatic heterocycles. The van der Waals surface area contributed by atoms with Crippen LogP contribution in [0.15, 0.2) is 29.2 Å². The lowest BCUT2D eigenvalue weighted by molar-refractivity contribution is -0.121. The predicted octanol–water partition coefficient (Wildman–Crippen LogP) is 2.17. The van der Waals surface area contributed by atoms with Crippen molar-refractivity contribution < 1.29 is 13.2 Å². The molecular formula is C16H26N2O3S. The zero-order valence-corrected chi connectivity index (χ0v) is 14.6. The summed E-state index contributed by atoms with van der Waals surface area (Å²) in [6.45, 7) is 8.40. The highest BCUT2D eigenvalue weighted by Crippen LogP contribution is 2.16. The van der Waals surface area contributed by atoms with Gasteiger partial charge in [0.1, 0.15) is 0 Å². The molecule has 1 aromatic carbocycles. The molecule has 1 N–H and O–H groups in total. The smallest absolute Gasteiger partial charge is 0.243 e. The summed E-state index contributed by atoms with van der Waals surface area (Å²) >= 11 is 0. The van der Waals surface area contributed by atoms with Crippen molar-refractivity contribution in [1.82, 2.24) is 9.62 Å². The number of hydrogen-bond acceptors (Lipinski definition) is 3. The van der Waals surface area contributed by atoms with Crippen LogP contribution in [0.5, 0.6) is 0 Å². The van der Waals surface area contributed by atoms with E-state index in [4.69, 9.17) is 0 Å². The van der Waals surface area contributed by atoms with E-state index in [1.807, 2.05) is 27.7 Å². The van der Waals surface area contributed by atoms with Crippen LogP contribution in [0.2, 0.25) is 0 Å². The number of rotatable bonds is 8. The normalized spacial score (nSPS) is 11.9. The maximum atomic E-state index is 12.4. The number of carbonyl (C=O) groups excluding carboxylic acids is 1. The predicted molar refractivity (Wildman–Crippen MR) is 88.1 cm³/mol. The van der Waals surface area contributed by atoms with E-state index >= 15 is 0 Å². The van der Waals surface area contributed by atoms with E-state index in [-0.39, 0.29) is 11.9 Å². The molecule has 0 unspecified atom stereocenters. The lowest BCUT2D eigenvalue weighted by atomic mass is 10.1. The zero-order chi connectivity index (χ0) is 16.8. The van der Waals surface area contributed by atoms with Gasteiger partial charge in [-0.2, -0.15) is 4.31 Å². The van der Waals surface area contributed by atoms with E-state index in [0.717, 1.165) is 5.56 Å². The van der Waals surface area contributed by atoms with Crippen LogP contribution >= 0.6 is 0 Å². The van der Waals surface area contributed by atoms with Crippen molar-refractivity contribution in [3.8, 4) is 0 Å². The van der Waals surface area contributed by atoms with Gasteiger partial charge in [0.2, 0.25) is 15.9 Å². The first-order chi connectivity index (χ1) is 10.3. The Morgan fingerprint density at radius 3 is 2.14 bits per heavy atom. The summed E-state index contributed by atoms with van der Waals surface area (Å²) in [6, 6.07) is 6.92. The molecule has 0 fully saturated rings. The molecule has 22 heavy (non-hydrogen) atoms. The van der Waals surface area contributed by atoms with Crippen LogP contribution in [-0.2, 0) is 21.2 Å². The summed E-state index contributed by atoms with van der Waals surface area (Å²) in [6.07, 6.45) is 1.00. The van der Waals surface area contributed by atoms with E-state index in [0.29, 0.717) is 30.8 Å². The molecule has 0 spiro atoms. The van der Waals surface area contributed by atoms with Crippen molar-refractivity contribution in [2.24, 2.45) is 0 Å². The number of hydrogen-bond donors (Lipinski definition) is 1. The molecule has 1 aromatic rings. The van der Waals surface area contributed by atoms with E-state index in [1.165, 1.54) is 4.31 Å². The van der Waals surface area contributed by atoms with Crippen molar-refractivity contribution >= 4 is 15.9 Å². The van der Waals surface area contributed by atoms with Crippen LogP contribution < -0.4 is 5.32 Å². The third-order valence-electron chi connectivity index (χ3n) is 3.36. The molecule has 0 atom stereocenters. The number of sulfonamides is 1. The van der Waals surface area contributed by atoms with Crippen LogP contribution in [0.3, 0.4) is 0 Å². The summed E-state index contributed by atoms with van der Waals surface area (Å²) in [4.78, 5) is 11.9. The Labute approximate surface area is 133 Å². The van der Waals surface area contributed by atoms with Gasteiger partial charge in [-0.3, -0.25) is 4.79 Å². The molecule has 0 aliphatic carbocycles. The fourth-order valence-corrected chi connectivity index (χ4v) is 3.65. The standard InChI is InChI=1S/C16H26N2O3S/c1-5-18(6-2)22(20,21)15-10-7-14(8-11-15)9-12-16(19)17-13(3)4/h7-8,10-11,13H,5-6,9,12H2,1-4H3,(H,17,19). The zero-order valence-electron chi connectivity index (χ0n) is 13.8. The average Bonchev–Trinajstić information content (AvgIpc) is 2.46. The summed E-state index contributed by atoms with van der Waals surface area (Å²) in [5.74, 6) is 0.00911. The van der Waals surface area contributed by atoms with Gasteiger partial charge in [-0.05, 0) is 38.0 Å². The summed E-state index contributed by atoms with van der Waals surface area (Å²) < 4.78 is 26.1. The van der Waals surface area contributed by atoms with Gasteiger partial charge in [0.25, 0.3) is 0 Å². The van der Waals surface area contributed by atoms with Crippen LogP contribution in [0, 0.1) is 0 Å². The second-order valence-electron chi connectivity index (χ2n) is 5.46. The second-order valence-corrected chi connectivity index (χ2v) is 7.39. The highest BCUT2D eigenvalue weighted by atomic mass is 32.2. The van der Waals surface area contributed by atoms with Crippen molar-refractivity contribution in [3.05, 3.63) is 29.8 Å². The molecular weight excluding hydrogens is 300 g/mol. The van der Waals surface area contributed by atoms with Gasteiger partial charge in [-0.15, -0.1) is 0 Å². The Kier molecular flexibility index (Phi) is 7.03. The molecule has 5 nitrogen and oxygen atoms in total. The monoisotopic (exact) mass is 326 g/mol. The van der Waals surface area contributed by atoms with Gasteiger partial charge in [-0.1, -0.05) is 26.0 Å². The maximum absolute atomic E-state index is 12.4. The number of carbonyl (C=O) groups is 1. The number of nitrogens with one attached hydrogen (secondary N) is 1. The minimum Gasteiger partial charge on any atom is -0.354 e. The summed E-state index contributed by atoms with van der Waals surface area (Å²) in [7, 11) is -3.41. The van der Waals surface area contributed by atoms with E-state index in [1.54, 1.807) is 24.3 Å². The molecule has 124 valence electrons. The van der Waals surface area contributed by atoms with Gasteiger partial charge >= 0.3 is 0 Å². The Hall–Kier alpha value is -1.40. The first kappa shape index (κ1) is 18.6. The van der Waals surface area contributed by atoms with Crippen LogP contribution in [0.1, 0.15) is 39.7 Å². The number of nitrogens with zero attached hydrogens (tertiary/aromatic N) is 1. The number of benzene rings is 1. The lowest BCUT2D eigenvalue weighted by Gasteiger charge is -2.18. The van der Waals surface area contributed by atoms with Crippen LogP contribution in [0.25, 0.3) is 0 Å². The summed E-state index contributed by atoms with van der Waals surface area (Å²) in [5, 5.41) is 2.84. The first-order valence-electron chi connectivity index (χ1n) is 7.69. The largest absolute Gasteiger partial charge is 0.354 e. The molecule has 0 saturated carbocycles. The van der Waals surface area contributed by atoms with Crippen molar-refractivity contribution in [2.45, 2.75) is 51.5 Å². The molecule has 0 aromatic heterocycles. The Balaban J connectivity index is 2.73. The van der Waals surface area contributed by atoms with Gasteiger partial charge in [-0.25, -0.2) is 8.42 Å². The van der Waals surface area contributed by atoms with Gasteiger partial charge in [0, 0.05) is 25.6 Å². The number of aryl methyl sites for hydroxylation is 1. The third-order valence-corrected chi connectivity index (χ3v) is 5.42. The highest BCUT2D eigenvalue weighted by molar-refractivity contribution is 7.89. The Morgan fingerprint density at radius 1 is 1.14 bits per heavy atom. The van der Waals surface area contributed by atoms with Crippen molar-refractivity contribution in [2.75, 3.05) is 13.1 Å². The third kappa shape index (κ3) is 5.10. The van der Waals surface area contributed by atoms with Crippen LogP contribution in [-0.4, -0.2) is 37.8 Å². The molecule has 0 bridgehead atoms. The quantitative estimate of drug-likeness (QED) is 0.796. The molecule has 0 radical (unpaired) electrons. The first-order valence-corrected chi connectivity index (χ1v) is 9.13. The Bertz CT molecular complexity index is 576. The van der Waals surface area contributed by atoms with Gasteiger partial charge in [0.05, 0.1) is 4.90 Å². The van der Waals surface area contributed by atoms with Crippen molar-refractivity contribution in [3.63, 3.8) is 0 Å². The molecule has 0 saturated heterocycles. The maximum Gasteiger partial charge on any atom is 0.243 e. The van der Waals surface area contributed by atoms with E-state index in [9.17, 15) is 13.2 Å². The minimum absolute atomic E-state index is 0.00911. The molecule has 1 amide bonds. The van der Waals surface area contributed by atoms with Gasteiger partial charge < -0.3 is 5.32 Å². The second kappa shape index (κ2) is 8.29. The highest BCUT2D eigenvalue weighted by Gasteiger charge is 2.21. The van der Waals surface area contributed by atoms with Gasteiger partial charge in [0.15, 0.2) is 0 Å². The fourth-order valence-electron chi connectivity index (χ4n) is 2.19. The van der Waals surface area contributed by atoms with Crippen LogP contribution in [0.4, 0.5) is 0 Å². The Morgan fingerprint density at radius 2 is 1.68 bits per heavy atom. The molecule has 0 heterocycles. The number of amides is 1.